The Morgan fingerprint density at radius 2 is 1.64 bits per heavy atom. The number of rotatable bonds is 11. The summed E-state index contributed by atoms with van der Waals surface area (Å²) in [6, 6.07) is 0. The lowest BCUT2D eigenvalue weighted by Gasteiger charge is -2.27. The van der Waals surface area contributed by atoms with E-state index in [1.54, 1.807) is 0 Å². The van der Waals surface area contributed by atoms with E-state index < -0.39 is 11.2 Å². The summed E-state index contributed by atoms with van der Waals surface area (Å²) < 4.78 is 10.8. The van der Waals surface area contributed by atoms with Gasteiger partial charge < -0.3 is 20.1 Å². The zero-order valence-electron chi connectivity index (χ0n) is 17.2. The van der Waals surface area contributed by atoms with Crippen LogP contribution < -0.4 is 10.6 Å². The molecule has 0 heterocycles. The lowest BCUT2D eigenvalue weighted by Crippen LogP contribution is -2.33. The van der Waals surface area contributed by atoms with Crippen molar-refractivity contribution in [2.24, 2.45) is 5.92 Å². The molecule has 0 aliphatic heterocycles. The molecule has 0 aliphatic carbocycles. The smallest absolute Gasteiger partial charge is 0.407 e. The number of hydrogen-bond donors (Lipinski definition) is 2. The first kappa shape index (κ1) is 23.7. The molecule has 148 valence electrons. The SMILES string of the molecule is CCNCCC(=O)OC(C)(C)CCC(C)CCNC(=O)OC(C)(C)C. The zero-order chi connectivity index (χ0) is 19.5. The molecule has 0 aromatic carbocycles. The van der Waals surface area contributed by atoms with Crippen LogP contribution in [-0.4, -0.2) is 42.9 Å². The number of carbonyl (C=O) groups excluding carboxylic acids is 2. The molecule has 1 atom stereocenters. The highest BCUT2D eigenvalue weighted by Crippen LogP contribution is 2.22. The minimum atomic E-state index is -0.476. The van der Waals surface area contributed by atoms with Crippen molar-refractivity contribution in [1.29, 1.82) is 0 Å². The lowest BCUT2D eigenvalue weighted by atomic mass is 9.94. The summed E-state index contributed by atoms with van der Waals surface area (Å²) in [7, 11) is 0. The van der Waals surface area contributed by atoms with Gasteiger partial charge in [-0.15, -0.1) is 0 Å². The maximum Gasteiger partial charge on any atom is 0.407 e. The van der Waals surface area contributed by atoms with Crippen LogP contribution in [0.25, 0.3) is 0 Å². The van der Waals surface area contributed by atoms with Gasteiger partial charge in [-0.2, -0.15) is 0 Å². The van der Waals surface area contributed by atoms with E-state index in [9.17, 15) is 9.59 Å². The fourth-order valence-electron chi connectivity index (χ4n) is 2.25. The Hall–Kier alpha value is -1.30. The fourth-order valence-corrected chi connectivity index (χ4v) is 2.25. The number of nitrogens with one attached hydrogen (secondary N) is 2. The van der Waals surface area contributed by atoms with Gasteiger partial charge in [-0.3, -0.25) is 4.79 Å². The van der Waals surface area contributed by atoms with Crippen molar-refractivity contribution < 1.29 is 19.1 Å². The molecule has 1 amide bonds. The molecule has 0 fully saturated rings. The van der Waals surface area contributed by atoms with Crippen LogP contribution in [0, 0.1) is 5.92 Å². The van der Waals surface area contributed by atoms with Crippen molar-refractivity contribution in [3.63, 3.8) is 0 Å². The molecule has 25 heavy (non-hydrogen) atoms. The van der Waals surface area contributed by atoms with Gasteiger partial charge in [-0.25, -0.2) is 4.79 Å². The van der Waals surface area contributed by atoms with Crippen molar-refractivity contribution in [1.82, 2.24) is 10.6 Å². The molecule has 0 saturated heterocycles. The molecule has 0 aliphatic rings. The lowest BCUT2D eigenvalue weighted by molar-refractivity contribution is -0.157. The fraction of sp³-hybridized carbons (Fsp3) is 0.895. The molecule has 0 aromatic rings. The summed E-state index contributed by atoms with van der Waals surface area (Å²) in [6.07, 6.45) is 2.61. The molecule has 0 bridgehead atoms. The van der Waals surface area contributed by atoms with E-state index in [0.29, 0.717) is 25.4 Å². The molecule has 0 aromatic heterocycles. The Balaban J connectivity index is 3.96. The third kappa shape index (κ3) is 14.7. The van der Waals surface area contributed by atoms with E-state index in [-0.39, 0.29) is 12.1 Å². The highest BCUT2D eigenvalue weighted by Gasteiger charge is 2.23. The average molecular weight is 359 g/mol. The normalized spacial score (nSPS) is 13.2. The summed E-state index contributed by atoms with van der Waals surface area (Å²) in [6.45, 7) is 15.7. The van der Waals surface area contributed by atoms with Crippen LogP contribution in [0.2, 0.25) is 0 Å². The highest BCUT2D eigenvalue weighted by molar-refractivity contribution is 5.70. The standard InChI is InChI=1S/C19H38N2O4/c1-8-20-13-11-16(22)24-19(6,7)12-9-15(2)10-14-21-17(23)25-18(3,4)5/h15,20H,8-14H2,1-7H3,(H,21,23). The number of alkyl carbamates (subject to hydrolysis) is 1. The third-order valence-electron chi connectivity index (χ3n) is 3.69. The summed E-state index contributed by atoms with van der Waals surface area (Å²) in [5.74, 6) is 0.264. The van der Waals surface area contributed by atoms with Gasteiger partial charge in [-0.05, 0) is 66.3 Å². The molecular formula is C19H38N2O4. The van der Waals surface area contributed by atoms with Gasteiger partial charge >= 0.3 is 12.1 Å². The van der Waals surface area contributed by atoms with Crippen LogP contribution in [0.1, 0.15) is 74.1 Å². The molecule has 1 unspecified atom stereocenters. The second kappa shape index (κ2) is 11.3. The first-order valence-electron chi connectivity index (χ1n) is 9.34. The molecule has 0 saturated carbocycles. The predicted octanol–water partition coefficient (Wildman–Crippen LogP) is 3.64. The van der Waals surface area contributed by atoms with E-state index in [4.69, 9.17) is 9.47 Å². The monoisotopic (exact) mass is 358 g/mol. The Morgan fingerprint density at radius 3 is 2.20 bits per heavy atom. The predicted molar refractivity (Wildman–Crippen MR) is 101 cm³/mol. The van der Waals surface area contributed by atoms with Crippen molar-refractivity contribution in [2.45, 2.75) is 85.4 Å². The number of carbonyl (C=O) groups is 2. The van der Waals surface area contributed by atoms with Crippen molar-refractivity contribution in [2.75, 3.05) is 19.6 Å². The van der Waals surface area contributed by atoms with Crippen LogP contribution in [0.4, 0.5) is 4.79 Å². The van der Waals surface area contributed by atoms with Gasteiger partial charge in [-0.1, -0.05) is 13.8 Å². The molecule has 0 spiro atoms. The minimum Gasteiger partial charge on any atom is -0.460 e. The number of esters is 1. The van der Waals surface area contributed by atoms with Gasteiger partial charge in [0.2, 0.25) is 0 Å². The quantitative estimate of drug-likeness (QED) is 0.435. The Bertz CT molecular complexity index is 403. The zero-order valence-corrected chi connectivity index (χ0v) is 17.2. The average Bonchev–Trinajstić information content (AvgIpc) is 2.43. The molecule has 0 rings (SSSR count). The second-order valence-electron chi connectivity index (χ2n) is 8.20. The van der Waals surface area contributed by atoms with Crippen LogP contribution in [-0.2, 0) is 14.3 Å². The van der Waals surface area contributed by atoms with Gasteiger partial charge in [0.25, 0.3) is 0 Å². The second-order valence-corrected chi connectivity index (χ2v) is 8.20. The Labute approximate surface area is 153 Å². The number of ether oxygens (including phenoxy) is 2. The Morgan fingerprint density at radius 1 is 1.00 bits per heavy atom. The van der Waals surface area contributed by atoms with E-state index in [1.165, 1.54) is 0 Å². The first-order valence-corrected chi connectivity index (χ1v) is 9.34. The number of hydrogen-bond acceptors (Lipinski definition) is 5. The van der Waals surface area contributed by atoms with Crippen molar-refractivity contribution >= 4 is 12.1 Å². The van der Waals surface area contributed by atoms with Crippen LogP contribution in [0.15, 0.2) is 0 Å². The molecule has 2 N–H and O–H groups in total. The van der Waals surface area contributed by atoms with Crippen LogP contribution >= 0.6 is 0 Å². The molecule has 6 nitrogen and oxygen atoms in total. The first-order chi connectivity index (χ1) is 11.4. The van der Waals surface area contributed by atoms with E-state index in [2.05, 4.69) is 17.6 Å². The largest absolute Gasteiger partial charge is 0.460 e. The van der Waals surface area contributed by atoms with Crippen LogP contribution in [0.5, 0.6) is 0 Å². The topological polar surface area (TPSA) is 76.7 Å². The summed E-state index contributed by atoms with van der Waals surface area (Å²) in [5.41, 5.74) is -0.938. The Kier molecular flexibility index (Phi) is 10.8. The maximum atomic E-state index is 11.8. The van der Waals surface area contributed by atoms with E-state index in [0.717, 1.165) is 25.8 Å². The van der Waals surface area contributed by atoms with E-state index >= 15 is 0 Å². The van der Waals surface area contributed by atoms with Crippen molar-refractivity contribution in [3.05, 3.63) is 0 Å². The minimum absolute atomic E-state index is 0.162. The summed E-state index contributed by atoms with van der Waals surface area (Å²) in [5, 5.41) is 5.89. The maximum absolute atomic E-state index is 11.8. The highest BCUT2D eigenvalue weighted by atomic mass is 16.6. The summed E-state index contributed by atoms with van der Waals surface area (Å²) >= 11 is 0. The van der Waals surface area contributed by atoms with Crippen LogP contribution in [0.3, 0.4) is 0 Å². The van der Waals surface area contributed by atoms with Gasteiger partial charge in [0, 0.05) is 13.1 Å². The van der Waals surface area contributed by atoms with Gasteiger partial charge in [0.1, 0.15) is 11.2 Å². The molecule has 0 radical (unpaired) electrons. The van der Waals surface area contributed by atoms with Gasteiger partial charge in [0.15, 0.2) is 0 Å². The van der Waals surface area contributed by atoms with Gasteiger partial charge in [0.05, 0.1) is 6.42 Å². The van der Waals surface area contributed by atoms with Crippen molar-refractivity contribution in [3.8, 4) is 0 Å². The summed E-state index contributed by atoms with van der Waals surface area (Å²) in [4.78, 5) is 23.4. The molecular weight excluding hydrogens is 320 g/mol. The van der Waals surface area contributed by atoms with E-state index in [1.807, 2.05) is 41.5 Å². The number of amides is 1. The molecule has 6 heteroatoms. The third-order valence-corrected chi connectivity index (χ3v) is 3.69.